The molecule has 1 aliphatic rings. The van der Waals surface area contributed by atoms with Crippen molar-refractivity contribution < 1.29 is 0 Å². The second-order valence-electron chi connectivity index (χ2n) is 5.98. The van der Waals surface area contributed by atoms with Crippen LogP contribution in [-0.4, -0.2) is 27.3 Å². The average Bonchev–Trinajstić information content (AvgIpc) is 3.03. The van der Waals surface area contributed by atoms with Crippen molar-refractivity contribution in [3.8, 4) is 5.69 Å². The van der Waals surface area contributed by atoms with Crippen molar-refractivity contribution in [1.29, 1.82) is 0 Å². The zero-order valence-electron chi connectivity index (χ0n) is 12.9. The van der Waals surface area contributed by atoms with Crippen LogP contribution in [0, 0.1) is 0 Å². The van der Waals surface area contributed by atoms with Crippen LogP contribution >= 0.6 is 0 Å². The van der Waals surface area contributed by atoms with E-state index in [0.717, 1.165) is 24.8 Å². The highest BCUT2D eigenvalue weighted by Crippen LogP contribution is 2.24. The van der Waals surface area contributed by atoms with E-state index < -0.39 is 0 Å². The van der Waals surface area contributed by atoms with Crippen molar-refractivity contribution in [3.63, 3.8) is 0 Å². The van der Waals surface area contributed by atoms with Crippen LogP contribution in [0.1, 0.15) is 44.6 Å². The molecule has 0 N–H and O–H groups in total. The van der Waals surface area contributed by atoms with E-state index in [-0.39, 0.29) is 0 Å². The van der Waals surface area contributed by atoms with E-state index in [2.05, 4.69) is 47.4 Å². The fourth-order valence-electron chi connectivity index (χ4n) is 3.34. The Bertz CT molecular complexity index is 541. The maximum Gasteiger partial charge on any atom is 0.0645 e. The number of nitrogens with zero attached hydrogens (tertiary/aromatic N) is 3. The predicted octanol–water partition coefficient (Wildman–Crippen LogP) is 4.03. The van der Waals surface area contributed by atoms with Gasteiger partial charge in [-0.2, -0.15) is 5.10 Å². The lowest BCUT2D eigenvalue weighted by Gasteiger charge is -2.33. The first-order chi connectivity index (χ1) is 10.4. The molecule has 0 atom stereocenters. The third-order valence-corrected chi connectivity index (χ3v) is 4.54. The molecule has 3 rings (SSSR count). The van der Waals surface area contributed by atoms with Crippen LogP contribution in [0.25, 0.3) is 5.69 Å². The first-order valence-electron chi connectivity index (χ1n) is 8.20. The lowest BCUT2D eigenvalue weighted by Crippen LogP contribution is -2.36. The van der Waals surface area contributed by atoms with E-state index >= 15 is 0 Å². The van der Waals surface area contributed by atoms with E-state index in [1.54, 1.807) is 0 Å². The molecule has 112 valence electrons. The Hall–Kier alpha value is -1.61. The maximum atomic E-state index is 4.51. The Balaban J connectivity index is 1.68. The summed E-state index contributed by atoms with van der Waals surface area (Å²) >= 11 is 0. The standard InChI is InChI=1S/C18H25N3/c1-2-20(17-9-5-3-6-10-17)14-16-13-19-21(15-16)18-11-7-4-8-12-18/h4,7-8,11-13,15,17H,2-3,5-6,9-10,14H2,1H3. The normalized spacial score (nSPS) is 16.5. The zero-order chi connectivity index (χ0) is 14.5. The molecular weight excluding hydrogens is 258 g/mol. The molecule has 3 heteroatoms. The molecule has 3 nitrogen and oxygen atoms in total. The SMILES string of the molecule is CCN(Cc1cnn(-c2ccccc2)c1)C1CCCCC1. The molecule has 2 aromatic rings. The van der Waals surface area contributed by atoms with Crippen molar-refractivity contribution >= 4 is 0 Å². The van der Waals surface area contributed by atoms with Gasteiger partial charge in [0.2, 0.25) is 0 Å². The van der Waals surface area contributed by atoms with Crippen LogP contribution < -0.4 is 0 Å². The average molecular weight is 283 g/mol. The van der Waals surface area contributed by atoms with Crippen molar-refractivity contribution in [2.45, 2.75) is 51.6 Å². The van der Waals surface area contributed by atoms with Gasteiger partial charge < -0.3 is 0 Å². The highest BCUT2D eigenvalue weighted by molar-refractivity contribution is 5.30. The molecular formula is C18H25N3. The molecule has 0 amide bonds. The Labute approximate surface area is 127 Å². The molecule has 1 heterocycles. The molecule has 1 aromatic carbocycles. The molecule has 0 radical (unpaired) electrons. The van der Waals surface area contributed by atoms with Crippen LogP contribution in [0.3, 0.4) is 0 Å². The first-order valence-corrected chi connectivity index (χ1v) is 8.20. The van der Waals surface area contributed by atoms with Crippen LogP contribution in [-0.2, 0) is 6.54 Å². The van der Waals surface area contributed by atoms with Gasteiger partial charge >= 0.3 is 0 Å². The van der Waals surface area contributed by atoms with Crippen LogP contribution in [0.2, 0.25) is 0 Å². The van der Waals surface area contributed by atoms with E-state index in [1.165, 1.54) is 37.7 Å². The summed E-state index contributed by atoms with van der Waals surface area (Å²) in [6.07, 6.45) is 11.1. The van der Waals surface area contributed by atoms with Gasteiger partial charge in [0.1, 0.15) is 0 Å². The predicted molar refractivity (Wildman–Crippen MR) is 86.5 cm³/mol. The second kappa shape index (κ2) is 6.90. The third kappa shape index (κ3) is 3.53. The van der Waals surface area contributed by atoms with E-state index in [0.29, 0.717) is 0 Å². The number of para-hydroxylation sites is 1. The molecule has 0 unspecified atom stereocenters. The van der Waals surface area contributed by atoms with Crippen LogP contribution in [0.5, 0.6) is 0 Å². The zero-order valence-corrected chi connectivity index (χ0v) is 12.9. The molecule has 21 heavy (non-hydrogen) atoms. The molecule has 0 bridgehead atoms. The minimum atomic E-state index is 0.767. The van der Waals surface area contributed by atoms with Gasteiger partial charge in [-0.25, -0.2) is 4.68 Å². The summed E-state index contributed by atoms with van der Waals surface area (Å²) in [6, 6.07) is 11.1. The number of hydrogen-bond acceptors (Lipinski definition) is 2. The molecule has 0 aliphatic heterocycles. The van der Waals surface area contributed by atoms with Crippen molar-refractivity contribution in [2.24, 2.45) is 0 Å². The number of benzene rings is 1. The van der Waals surface area contributed by atoms with Crippen molar-refractivity contribution in [1.82, 2.24) is 14.7 Å². The first kappa shape index (κ1) is 14.3. The quantitative estimate of drug-likeness (QED) is 0.826. The van der Waals surface area contributed by atoms with Gasteiger partial charge in [0.15, 0.2) is 0 Å². The summed E-state index contributed by atoms with van der Waals surface area (Å²) in [7, 11) is 0. The highest BCUT2D eigenvalue weighted by Gasteiger charge is 2.20. The Morgan fingerprint density at radius 3 is 2.62 bits per heavy atom. The molecule has 0 spiro atoms. The highest BCUT2D eigenvalue weighted by atomic mass is 15.3. The molecule has 1 saturated carbocycles. The van der Waals surface area contributed by atoms with Crippen LogP contribution in [0.15, 0.2) is 42.7 Å². The van der Waals surface area contributed by atoms with Gasteiger partial charge in [-0.05, 0) is 31.5 Å². The number of hydrogen-bond donors (Lipinski definition) is 0. The van der Waals surface area contributed by atoms with Crippen LogP contribution in [0.4, 0.5) is 0 Å². The number of rotatable bonds is 5. The topological polar surface area (TPSA) is 21.1 Å². The molecule has 1 fully saturated rings. The Morgan fingerprint density at radius 1 is 1.14 bits per heavy atom. The summed E-state index contributed by atoms with van der Waals surface area (Å²) in [6.45, 7) is 4.42. The monoisotopic (exact) mass is 283 g/mol. The van der Waals surface area contributed by atoms with E-state index in [4.69, 9.17) is 0 Å². The van der Waals surface area contributed by atoms with Gasteiger partial charge in [0, 0.05) is 24.3 Å². The summed E-state index contributed by atoms with van der Waals surface area (Å²) in [4.78, 5) is 2.62. The minimum absolute atomic E-state index is 0.767. The summed E-state index contributed by atoms with van der Waals surface area (Å²) in [5, 5.41) is 4.51. The maximum absolute atomic E-state index is 4.51. The fourth-order valence-corrected chi connectivity index (χ4v) is 3.34. The third-order valence-electron chi connectivity index (χ3n) is 4.54. The minimum Gasteiger partial charge on any atom is -0.296 e. The van der Waals surface area contributed by atoms with Crippen molar-refractivity contribution in [2.75, 3.05) is 6.54 Å². The summed E-state index contributed by atoms with van der Waals surface area (Å²) < 4.78 is 1.98. The molecule has 1 aromatic heterocycles. The second-order valence-corrected chi connectivity index (χ2v) is 5.98. The van der Waals surface area contributed by atoms with E-state index in [1.807, 2.05) is 16.9 Å². The van der Waals surface area contributed by atoms with Gasteiger partial charge in [0.05, 0.1) is 11.9 Å². The lowest BCUT2D eigenvalue weighted by atomic mass is 9.94. The Morgan fingerprint density at radius 2 is 1.90 bits per heavy atom. The summed E-state index contributed by atoms with van der Waals surface area (Å²) in [5.74, 6) is 0. The van der Waals surface area contributed by atoms with Gasteiger partial charge in [0.25, 0.3) is 0 Å². The molecule has 0 saturated heterocycles. The van der Waals surface area contributed by atoms with E-state index in [9.17, 15) is 0 Å². The van der Waals surface area contributed by atoms with Gasteiger partial charge in [-0.3, -0.25) is 4.90 Å². The largest absolute Gasteiger partial charge is 0.296 e. The van der Waals surface area contributed by atoms with Crippen molar-refractivity contribution in [3.05, 3.63) is 48.3 Å². The smallest absolute Gasteiger partial charge is 0.0645 e. The summed E-state index contributed by atoms with van der Waals surface area (Å²) in [5.41, 5.74) is 2.44. The van der Waals surface area contributed by atoms with Gasteiger partial charge in [-0.15, -0.1) is 0 Å². The Kier molecular flexibility index (Phi) is 4.71. The molecule has 1 aliphatic carbocycles. The number of aromatic nitrogens is 2. The van der Waals surface area contributed by atoms with Gasteiger partial charge in [-0.1, -0.05) is 44.4 Å². The lowest BCUT2D eigenvalue weighted by molar-refractivity contribution is 0.156. The fraction of sp³-hybridized carbons (Fsp3) is 0.500.